The molecule has 0 spiro atoms. The van der Waals surface area contributed by atoms with Crippen LogP contribution in [-0.2, 0) is 0 Å². The van der Waals surface area contributed by atoms with Crippen molar-refractivity contribution in [2.24, 2.45) is 21.7 Å². The summed E-state index contributed by atoms with van der Waals surface area (Å²) in [6.07, 6.45) is 3.87. The minimum absolute atomic E-state index is 0. The van der Waals surface area contributed by atoms with Crippen molar-refractivity contribution in [2.75, 3.05) is 0 Å². The van der Waals surface area contributed by atoms with Gasteiger partial charge in [-0.2, -0.15) is 0 Å². The summed E-state index contributed by atoms with van der Waals surface area (Å²) >= 11 is 0. The second kappa shape index (κ2) is 8.64. The van der Waals surface area contributed by atoms with Crippen LogP contribution >= 0.6 is 12.4 Å². The van der Waals surface area contributed by atoms with E-state index in [0.29, 0.717) is 5.71 Å². The number of halogens is 1. The highest BCUT2D eigenvalue weighted by Gasteiger charge is 2.00. The number of rotatable bonds is 4. The van der Waals surface area contributed by atoms with Gasteiger partial charge in [-0.1, -0.05) is 66.2 Å². The van der Waals surface area contributed by atoms with E-state index in [1.165, 1.54) is 5.56 Å². The number of hydrogen-bond donors (Lipinski definition) is 2. The summed E-state index contributed by atoms with van der Waals surface area (Å²) in [5, 5.41) is 7.85. The summed E-state index contributed by atoms with van der Waals surface area (Å²) in [5.74, 6) is -0.0623. The van der Waals surface area contributed by atoms with Crippen molar-refractivity contribution in [1.29, 1.82) is 0 Å². The molecule has 0 bridgehead atoms. The van der Waals surface area contributed by atoms with E-state index in [1.807, 2.05) is 73.7 Å². The average Bonchev–Trinajstić information content (AvgIpc) is 2.49. The number of guanidine groups is 1. The molecule has 0 aliphatic carbocycles. The van der Waals surface area contributed by atoms with Gasteiger partial charge in [-0.3, -0.25) is 0 Å². The first-order valence-corrected chi connectivity index (χ1v) is 6.62. The van der Waals surface area contributed by atoms with Gasteiger partial charge >= 0.3 is 0 Å². The zero-order chi connectivity index (χ0) is 15.1. The number of nitrogens with zero attached hydrogens (tertiary/aromatic N) is 2. The Balaban J connectivity index is 0.00000242. The SMILES string of the molecule is Cc1ccc(C(/C=C/c2ccccc2)=N/N=C(N)N)cc1.Cl. The third-order valence-corrected chi connectivity index (χ3v) is 2.85. The second-order valence-corrected chi connectivity index (χ2v) is 4.62. The van der Waals surface area contributed by atoms with E-state index in [-0.39, 0.29) is 18.4 Å². The first-order valence-electron chi connectivity index (χ1n) is 6.62. The molecule has 2 aromatic carbocycles. The van der Waals surface area contributed by atoms with Gasteiger partial charge in [-0.05, 0) is 18.6 Å². The summed E-state index contributed by atoms with van der Waals surface area (Å²) < 4.78 is 0. The van der Waals surface area contributed by atoms with Crippen LogP contribution in [-0.4, -0.2) is 11.7 Å². The normalized spacial score (nSPS) is 11.0. The zero-order valence-corrected chi connectivity index (χ0v) is 13.1. The van der Waals surface area contributed by atoms with Crippen molar-refractivity contribution in [3.8, 4) is 0 Å². The Hall–Kier alpha value is -2.59. The Bertz CT molecular complexity index is 670. The van der Waals surface area contributed by atoms with Crippen LogP contribution in [0.5, 0.6) is 0 Å². The van der Waals surface area contributed by atoms with Gasteiger partial charge in [-0.25, -0.2) is 0 Å². The topological polar surface area (TPSA) is 76.8 Å². The molecule has 0 aliphatic heterocycles. The van der Waals surface area contributed by atoms with Gasteiger partial charge in [0, 0.05) is 5.56 Å². The lowest BCUT2D eigenvalue weighted by Gasteiger charge is -2.01. The average molecular weight is 315 g/mol. The van der Waals surface area contributed by atoms with E-state index in [1.54, 1.807) is 0 Å². The fourth-order valence-corrected chi connectivity index (χ4v) is 1.76. The molecule has 0 amide bonds. The summed E-state index contributed by atoms with van der Waals surface area (Å²) in [6.45, 7) is 2.04. The maximum absolute atomic E-state index is 5.35. The fraction of sp³-hybridized carbons (Fsp3) is 0.0588. The molecule has 0 radical (unpaired) electrons. The third-order valence-electron chi connectivity index (χ3n) is 2.85. The molecule has 2 rings (SSSR count). The molecule has 0 atom stereocenters. The summed E-state index contributed by atoms with van der Waals surface area (Å²) in [4.78, 5) is 0. The molecule has 4 nitrogen and oxygen atoms in total. The van der Waals surface area contributed by atoms with E-state index in [0.717, 1.165) is 11.1 Å². The van der Waals surface area contributed by atoms with Gasteiger partial charge in [-0.15, -0.1) is 22.6 Å². The molecular weight excluding hydrogens is 296 g/mol. The quantitative estimate of drug-likeness (QED) is 0.517. The number of nitrogens with two attached hydrogens (primary N) is 2. The molecular formula is C17H19ClN4. The Morgan fingerprint density at radius 1 is 0.909 bits per heavy atom. The maximum Gasteiger partial charge on any atom is 0.211 e. The molecule has 22 heavy (non-hydrogen) atoms. The van der Waals surface area contributed by atoms with E-state index >= 15 is 0 Å². The van der Waals surface area contributed by atoms with Crippen molar-refractivity contribution >= 4 is 30.2 Å². The Morgan fingerprint density at radius 3 is 2.14 bits per heavy atom. The smallest absolute Gasteiger partial charge is 0.211 e. The van der Waals surface area contributed by atoms with Gasteiger partial charge in [0.15, 0.2) is 0 Å². The van der Waals surface area contributed by atoms with Gasteiger partial charge in [0.25, 0.3) is 0 Å². The van der Waals surface area contributed by atoms with Crippen LogP contribution in [0.3, 0.4) is 0 Å². The molecule has 5 heteroatoms. The molecule has 114 valence electrons. The molecule has 0 saturated carbocycles. The zero-order valence-electron chi connectivity index (χ0n) is 12.3. The minimum Gasteiger partial charge on any atom is -0.369 e. The monoisotopic (exact) mass is 314 g/mol. The highest BCUT2D eigenvalue weighted by atomic mass is 35.5. The summed E-state index contributed by atoms with van der Waals surface area (Å²) in [5.41, 5.74) is 14.6. The van der Waals surface area contributed by atoms with Gasteiger partial charge in [0.1, 0.15) is 0 Å². The lowest BCUT2D eigenvalue weighted by Crippen LogP contribution is -2.22. The Kier molecular flexibility index (Phi) is 6.86. The molecule has 0 aromatic heterocycles. The second-order valence-electron chi connectivity index (χ2n) is 4.62. The minimum atomic E-state index is -0.0623. The van der Waals surface area contributed by atoms with Crippen LogP contribution in [0, 0.1) is 6.92 Å². The van der Waals surface area contributed by atoms with E-state index < -0.39 is 0 Å². The molecule has 0 fully saturated rings. The van der Waals surface area contributed by atoms with Crippen LogP contribution < -0.4 is 11.5 Å². The van der Waals surface area contributed by atoms with Crippen LogP contribution in [0.25, 0.3) is 6.08 Å². The highest BCUT2D eigenvalue weighted by molar-refractivity contribution is 6.10. The Morgan fingerprint density at radius 2 is 1.55 bits per heavy atom. The van der Waals surface area contributed by atoms with E-state index in [2.05, 4.69) is 10.2 Å². The van der Waals surface area contributed by atoms with Gasteiger partial charge < -0.3 is 11.5 Å². The summed E-state index contributed by atoms with van der Waals surface area (Å²) in [6, 6.07) is 18.0. The van der Waals surface area contributed by atoms with E-state index in [4.69, 9.17) is 11.5 Å². The van der Waals surface area contributed by atoms with Crippen molar-refractivity contribution in [1.82, 2.24) is 0 Å². The van der Waals surface area contributed by atoms with Crippen molar-refractivity contribution in [2.45, 2.75) is 6.92 Å². The molecule has 0 saturated heterocycles. The van der Waals surface area contributed by atoms with Crippen LogP contribution in [0.4, 0.5) is 0 Å². The third kappa shape index (κ3) is 5.42. The number of aryl methyl sites for hydroxylation is 1. The predicted octanol–water partition coefficient (Wildman–Crippen LogP) is 3.11. The van der Waals surface area contributed by atoms with Gasteiger partial charge in [0.2, 0.25) is 5.96 Å². The standard InChI is InChI=1S/C17H18N4.ClH/c1-13-7-10-15(11-8-13)16(20-21-17(18)19)12-9-14-5-3-2-4-6-14;/h2-12H,1H3,(H4,18,19,21);1H/b12-9+,20-16+;. The molecule has 4 N–H and O–H groups in total. The molecule has 0 aliphatic rings. The highest BCUT2D eigenvalue weighted by Crippen LogP contribution is 2.09. The lowest BCUT2D eigenvalue weighted by atomic mass is 10.1. The summed E-state index contributed by atoms with van der Waals surface area (Å²) in [7, 11) is 0. The number of hydrogen-bond acceptors (Lipinski definition) is 2. The molecule has 2 aromatic rings. The van der Waals surface area contributed by atoms with Crippen LogP contribution in [0.15, 0.2) is 70.9 Å². The first-order chi connectivity index (χ1) is 10.1. The maximum atomic E-state index is 5.35. The first kappa shape index (κ1) is 17.5. The lowest BCUT2D eigenvalue weighted by molar-refractivity contribution is 1.20. The van der Waals surface area contributed by atoms with Crippen molar-refractivity contribution < 1.29 is 0 Å². The molecule has 0 unspecified atom stereocenters. The van der Waals surface area contributed by atoms with Crippen molar-refractivity contribution in [3.63, 3.8) is 0 Å². The van der Waals surface area contributed by atoms with E-state index in [9.17, 15) is 0 Å². The fourth-order valence-electron chi connectivity index (χ4n) is 1.76. The van der Waals surface area contributed by atoms with Crippen LogP contribution in [0.2, 0.25) is 0 Å². The Labute approximate surface area is 136 Å². The number of benzene rings is 2. The molecule has 0 heterocycles. The largest absolute Gasteiger partial charge is 0.369 e. The number of allylic oxidation sites excluding steroid dienone is 1. The van der Waals surface area contributed by atoms with Crippen LogP contribution in [0.1, 0.15) is 16.7 Å². The van der Waals surface area contributed by atoms with Crippen molar-refractivity contribution in [3.05, 3.63) is 77.4 Å². The predicted molar refractivity (Wildman–Crippen MR) is 96.2 cm³/mol. The van der Waals surface area contributed by atoms with Gasteiger partial charge in [0.05, 0.1) is 5.71 Å².